The third kappa shape index (κ3) is 8.69. The summed E-state index contributed by atoms with van der Waals surface area (Å²) in [4.78, 5) is 36.3. The normalized spacial score (nSPS) is 15.7. The number of halogens is 1. The molecule has 1 fully saturated rings. The molecular formula is C25H36ClN7O5. The van der Waals surface area contributed by atoms with Gasteiger partial charge in [-0.3, -0.25) is 9.59 Å². The van der Waals surface area contributed by atoms with E-state index in [9.17, 15) is 9.59 Å². The molecule has 0 radical (unpaired) electrons. The third-order valence-corrected chi connectivity index (χ3v) is 6.56. The highest BCUT2D eigenvalue weighted by Gasteiger charge is 2.24. The number of nitrogens with two attached hydrogens (primary N) is 2. The van der Waals surface area contributed by atoms with E-state index in [1.807, 2.05) is 24.3 Å². The molecule has 2 heterocycles. The molecule has 2 amide bonds. The standard InChI is InChI=1S/C25H36ClN7O5/c26-22-24(28)31-23(27)21(30-22)25(37)29-18-4-2-10-32(15-18)9-1-3-17-5-7-19(8-6-17)38-16-20(36)33(11-13-34)12-14-35/h5-8,18,34-35H,1-4,9-16H2,(H,29,37)(H4,27,28,31). The van der Waals surface area contributed by atoms with Gasteiger partial charge in [-0.15, -0.1) is 0 Å². The second kappa shape index (κ2) is 14.7. The van der Waals surface area contributed by atoms with Crippen LogP contribution in [0.2, 0.25) is 5.15 Å². The van der Waals surface area contributed by atoms with Crippen molar-refractivity contribution in [1.82, 2.24) is 25.1 Å². The van der Waals surface area contributed by atoms with Gasteiger partial charge in [0.15, 0.2) is 29.1 Å². The Hall–Kier alpha value is -3.19. The van der Waals surface area contributed by atoms with Crippen molar-refractivity contribution in [3.05, 3.63) is 40.7 Å². The quantitative estimate of drug-likeness (QED) is 0.233. The van der Waals surface area contributed by atoms with Gasteiger partial charge in [-0.1, -0.05) is 23.7 Å². The highest BCUT2D eigenvalue weighted by Crippen LogP contribution is 2.19. The van der Waals surface area contributed by atoms with Crippen LogP contribution in [0.5, 0.6) is 5.75 Å². The Morgan fingerprint density at radius 1 is 1.13 bits per heavy atom. The van der Waals surface area contributed by atoms with E-state index in [-0.39, 0.29) is 67.3 Å². The summed E-state index contributed by atoms with van der Waals surface area (Å²) in [6, 6.07) is 7.58. The number of benzene rings is 1. The first kappa shape index (κ1) is 29.4. The maximum atomic E-state index is 12.6. The first-order valence-electron chi connectivity index (χ1n) is 12.6. The molecule has 3 rings (SSSR count). The number of likely N-dealkylation sites (tertiary alicyclic amines) is 1. The van der Waals surface area contributed by atoms with Crippen molar-refractivity contribution in [3.8, 4) is 5.75 Å². The van der Waals surface area contributed by atoms with Crippen molar-refractivity contribution in [2.45, 2.75) is 31.7 Å². The highest BCUT2D eigenvalue weighted by molar-refractivity contribution is 6.31. The van der Waals surface area contributed by atoms with E-state index in [2.05, 4.69) is 20.2 Å². The first-order valence-corrected chi connectivity index (χ1v) is 13.0. The number of nitrogens with zero attached hydrogens (tertiary/aromatic N) is 4. The topological polar surface area (TPSA) is 180 Å². The van der Waals surface area contributed by atoms with Crippen LogP contribution in [-0.2, 0) is 11.2 Å². The number of ether oxygens (including phenoxy) is 1. The van der Waals surface area contributed by atoms with Gasteiger partial charge in [0.25, 0.3) is 11.8 Å². The molecule has 1 atom stereocenters. The summed E-state index contributed by atoms with van der Waals surface area (Å²) in [5.74, 6) is -0.186. The average Bonchev–Trinajstić information content (AvgIpc) is 2.90. The molecule has 38 heavy (non-hydrogen) atoms. The van der Waals surface area contributed by atoms with Crippen LogP contribution in [0.3, 0.4) is 0 Å². The van der Waals surface area contributed by atoms with E-state index in [0.29, 0.717) is 5.75 Å². The molecule has 7 N–H and O–H groups in total. The number of aliphatic hydroxyl groups is 2. The van der Waals surface area contributed by atoms with Crippen LogP contribution in [0.25, 0.3) is 0 Å². The van der Waals surface area contributed by atoms with E-state index in [0.717, 1.165) is 50.9 Å². The monoisotopic (exact) mass is 549 g/mol. The van der Waals surface area contributed by atoms with Gasteiger partial charge in [-0.25, -0.2) is 9.97 Å². The third-order valence-electron chi connectivity index (χ3n) is 6.28. The van der Waals surface area contributed by atoms with Crippen molar-refractivity contribution in [3.63, 3.8) is 0 Å². The zero-order valence-electron chi connectivity index (χ0n) is 21.3. The van der Waals surface area contributed by atoms with Crippen LogP contribution in [0.4, 0.5) is 11.6 Å². The summed E-state index contributed by atoms with van der Waals surface area (Å²) >= 11 is 5.89. The second-order valence-electron chi connectivity index (χ2n) is 9.11. The number of aryl methyl sites for hydroxylation is 1. The lowest BCUT2D eigenvalue weighted by atomic mass is 10.0. The molecule has 208 valence electrons. The van der Waals surface area contributed by atoms with Crippen LogP contribution in [-0.4, -0.2) is 100 Å². The fourth-order valence-electron chi connectivity index (χ4n) is 4.34. The molecule has 12 nitrogen and oxygen atoms in total. The Kier molecular flexibility index (Phi) is 11.3. The summed E-state index contributed by atoms with van der Waals surface area (Å²) in [5.41, 5.74) is 12.5. The Bertz CT molecular complexity index is 1070. The first-order chi connectivity index (χ1) is 18.3. The summed E-state index contributed by atoms with van der Waals surface area (Å²) in [5, 5.41) is 21.0. The van der Waals surface area contributed by atoms with Gasteiger partial charge in [0.05, 0.1) is 13.2 Å². The molecule has 1 aliphatic heterocycles. The zero-order chi connectivity index (χ0) is 27.5. The minimum absolute atomic E-state index is 0.0124. The van der Waals surface area contributed by atoms with Crippen molar-refractivity contribution >= 4 is 35.1 Å². The fourth-order valence-corrected chi connectivity index (χ4v) is 4.46. The number of piperidine rings is 1. The van der Waals surface area contributed by atoms with Gasteiger partial charge in [0.2, 0.25) is 0 Å². The molecule has 0 spiro atoms. The van der Waals surface area contributed by atoms with Gasteiger partial charge >= 0.3 is 0 Å². The number of nitrogen functional groups attached to an aromatic ring is 2. The van der Waals surface area contributed by atoms with E-state index in [1.165, 1.54) is 4.90 Å². The molecular weight excluding hydrogens is 514 g/mol. The number of hydrogen-bond donors (Lipinski definition) is 5. The van der Waals surface area contributed by atoms with Crippen LogP contribution < -0.4 is 21.5 Å². The van der Waals surface area contributed by atoms with Crippen LogP contribution in [0, 0.1) is 0 Å². The SMILES string of the molecule is Nc1nc(N)c(C(=O)NC2CCCN(CCCc3ccc(OCC(=O)N(CCO)CCO)cc3)C2)nc1Cl. The van der Waals surface area contributed by atoms with E-state index < -0.39 is 5.91 Å². The fraction of sp³-hybridized carbons (Fsp3) is 0.520. The summed E-state index contributed by atoms with van der Waals surface area (Å²) in [6.45, 7) is 2.40. The van der Waals surface area contributed by atoms with Gasteiger partial charge < -0.3 is 41.5 Å². The highest BCUT2D eigenvalue weighted by atomic mass is 35.5. The maximum absolute atomic E-state index is 12.6. The number of rotatable bonds is 13. The predicted molar refractivity (Wildman–Crippen MR) is 144 cm³/mol. The number of carbonyl (C=O) groups is 2. The molecule has 1 aromatic carbocycles. The molecule has 2 aromatic rings. The van der Waals surface area contributed by atoms with Crippen LogP contribution in [0.15, 0.2) is 24.3 Å². The van der Waals surface area contributed by atoms with E-state index in [1.54, 1.807) is 0 Å². The Morgan fingerprint density at radius 2 is 1.84 bits per heavy atom. The van der Waals surface area contributed by atoms with Gasteiger partial charge in [0.1, 0.15) is 5.75 Å². The van der Waals surface area contributed by atoms with Gasteiger partial charge in [0, 0.05) is 25.7 Å². The molecule has 1 unspecified atom stereocenters. The number of aromatic nitrogens is 2. The van der Waals surface area contributed by atoms with Crippen molar-refractivity contribution < 1.29 is 24.5 Å². The number of anilines is 2. The summed E-state index contributed by atoms with van der Waals surface area (Å²) in [7, 11) is 0. The number of amides is 2. The smallest absolute Gasteiger partial charge is 0.274 e. The number of aliphatic hydroxyl groups excluding tert-OH is 2. The van der Waals surface area contributed by atoms with Crippen molar-refractivity contribution in [2.24, 2.45) is 0 Å². The minimum Gasteiger partial charge on any atom is -0.484 e. The second-order valence-corrected chi connectivity index (χ2v) is 9.47. The molecule has 0 saturated carbocycles. The molecule has 0 bridgehead atoms. The molecule has 1 aliphatic rings. The lowest BCUT2D eigenvalue weighted by Gasteiger charge is -2.33. The van der Waals surface area contributed by atoms with Crippen molar-refractivity contribution in [1.29, 1.82) is 0 Å². The zero-order valence-corrected chi connectivity index (χ0v) is 22.1. The number of carbonyl (C=O) groups excluding carboxylic acids is 2. The number of nitrogens with one attached hydrogen (secondary N) is 1. The molecule has 0 aliphatic carbocycles. The van der Waals surface area contributed by atoms with Crippen LogP contribution in [0.1, 0.15) is 35.3 Å². The van der Waals surface area contributed by atoms with Crippen LogP contribution >= 0.6 is 11.6 Å². The maximum Gasteiger partial charge on any atom is 0.274 e. The number of hydrogen-bond acceptors (Lipinski definition) is 10. The lowest BCUT2D eigenvalue weighted by molar-refractivity contribution is -0.134. The molecule has 13 heteroatoms. The Balaban J connectivity index is 1.40. The van der Waals surface area contributed by atoms with E-state index >= 15 is 0 Å². The minimum atomic E-state index is -0.415. The van der Waals surface area contributed by atoms with E-state index in [4.69, 9.17) is 38.0 Å². The summed E-state index contributed by atoms with van der Waals surface area (Å²) in [6.07, 6.45) is 3.65. The molecule has 1 saturated heterocycles. The average molecular weight is 550 g/mol. The Labute approximate surface area is 226 Å². The molecule has 1 aromatic heterocycles. The largest absolute Gasteiger partial charge is 0.484 e. The summed E-state index contributed by atoms with van der Waals surface area (Å²) < 4.78 is 5.56. The van der Waals surface area contributed by atoms with Gasteiger partial charge in [-0.05, 0) is 56.5 Å². The lowest BCUT2D eigenvalue weighted by Crippen LogP contribution is -2.48. The predicted octanol–water partition coefficient (Wildman–Crippen LogP) is 0.313. The van der Waals surface area contributed by atoms with Crippen molar-refractivity contribution in [2.75, 3.05) is 64.0 Å². The Morgan fingerprint density at radius 3 is 2.53 bits per heavy atom. The van der Waals surface area contributed by atoms with Gasteiger partial charge in [-0.2, -0.15) is 0 Å².